The molecule has 3 aromatic rings. The van der Waals surface area contributed by atoms with E-state index in [9.17, 15) is 13.9 Å². The second kappa shape index (κ2) is 9.18. The lowest BCUT2D eigenvalue weighted by Gasteiger charge is -2.25. The number of hydrogen-bond acceptors (Lipinski definition) is 7. The summed E-state index contributed by atoms with van der Waals surface area (Å²) in [6, 6.07) is 5.50. The smallest absolute Gasteiger partial charge is 0.266 e. The summed E-state index contributed by atoms with van der Waals surface area (Å²) in [5, 5.41) is 13.9. The molecule has 10 heteroatoms. The number of anilines is 2. The normalized spacial score (nSPS) is 16.4. The summed E-state index contributed by atoms with van der Waals surface area (Å²) in [5.41, 5.74) is 2.18. The molecule has 0 saturated carbocycles. The Bertz CT molecular complexity index is 1080. The molecular weight excluding hydrogens is 529 g/mol. The van der Waals surface area contributed by atoms with Crippen molar-refractivity contribution < 1.29 is 13.9 Å². The lowest BCUT2D eigenvalue weighted by molar-refractivity contribution is 0.0257. The minimum Gasteiger partial charge on any atom is -0.369 e. The van der Waals surface area contributed by atoms with Gasteiger partial charge in [-0.1, -0.05) is 13.8 Å². The molecule has 1 unspecified atom stereocenters. The average molecular weight is 552 g/mol. The van der Waals surface area contributed by atoms with Gasteiger partial charge in [-0.05, 0) is 40.8 Å². The first kappa shape index (κ1) is 22.7. The number of rotatable bonds is 6. The van der Waals surface area contributed by atoms with Crippen LogP contribution in [0.3, 0.4) is 0 Å². The van der Waals surface area contributed by atoms with E-state index in [4.69, 9.17) is 0 Å². The van der Waals surface area contributed by atoms with Crippen LogP contribution in [-0.4, -0.2) is 44.1 Å². The molecule has 0 bridgehead atoms. The van der Waals surface area contributed by atoms with E-state index < -0.39 is 18.7 Å². The van der Waals surface area contributed by atoms with Crippen LogP contribution in [0.15, 0.2) is 43.0 Å². The predicted molar refractivity (Wildman–Crippen MR) is 127 cm³/mol. The maximum absolute atomic E-state index is 13.9. The van der Waals surface area contributed by atoms with Crippen LogP contribution < -0.4 is 10.2 Å². The molecule has 168 valence electrons. The van der Waals surface area contributed by atoms with Gasteiger partial charge in [-0.2, -0.15) is 0 Å². The van der Waals surface area contributed by atoms with Crippen LogP contribution in [0, 0.1) is 3.57 Å². The van der Waals surface area contributed by atoms with Gasteiger partial charge in [0, 0.05) is 58.4 Å². The number of hydrogen-bond donors (Lipinski definition) is 2. The zero-order valence-electron chi connectivity index (χ0n) is 17.6. The number of alkyl halides is 2. The van der Waals surface area contributed by atoms with Gasteiger partial charge < -0.3 is 15.3 Å². The number of aliphatic hydroxyl groups excluding tert-OH is 1. The Balaban J connectivity index is 1.72. The number of aromatic nitrogens is 4. The van der Waals surface area contributed by atoms with Crippen LogP contribution in [0.25, 0.3) is 11.3 Å². The van der Waals surface area contributed by atoms with E-state index in [0.29, 0.717) is 34.2 Å². The third-order valence-electron chi connectivity index (χ3n) is 5.21. The second-order valence-electron chi connectivity index (χ2n) is 8.02. The molecule has 0 radical (unpaired) electrons. The number of pyridine rings is 2. The van der Waals surface area contributed by atoms with Crippen molar-refractivity contribution in [2.45, 2.75) is 38.3 Å². The highest BCUT2D eigenvalue weighted by Crippen LogP contribution is 2.39. The zero-order valence-corrected chi connectivity index (χ0v) is 19.8. The van der Waals surface area contributed by atoms with Crippen LogP contribution in [0.5, 0.6) is 0 Å². The third-order valence-corrected chi connectivity index (χ3v) is 5.85. The van der Waals surface area contributed by atoms with Crippen LogP contribution in [0.1, 0.15) is 43.8 Å². The first-order valence-corrected chi connectivity index (χ1v) is 11.3. The van der Waals surface area contributed by atoms with Gasteiger partial charge in [0.1, 0.15) is 5.82 Å². The molecule has 3 aromatic heterocycles. The van der Waals surface area contributed by atoms with Crippen LogP contribution >= 0.6 is 22.6 Å². The molecule has 0 aliphatic carbocycles. The molecule has 4 heterocycles. The van der Waals surface area contributed by atoms with Crippen LogP contribution in [0.4, 0.5) is 20.3 Å². The van der Waals surface area contributed by atoms with Gasteiger partial charge in [0.15, 0.2) is 12.0 Å². The lowest BCUT2D eigenvalue weighted by atomic mass is 10.1. The lowest BCUT2D eigenvalue weighted by Crippen LogP contribution is -2.27. The quantitative estimate of drug-likeness (QED) is 0.341. The second-order valence-corrected chi connectivity index (χ2v) is 9.27. The topological polar surface area (TPSA) is 87.1 Å². The highest BCUT2D eigenvalue weighted by atomic mass is 127. The number of nitrogens with one attached hydrogen (secondary N) is 1. The highest BCUT2D eigenvalue weighted by molar-refractivity contribution is 14.1. The van der Waals surface area contributed by atoms with Crippen LogP contribution in [-0.2, 0) is 0 Å². The predicted octanol–water partition coefficient (Wildman–Crippen LogP) is 4.61. The minimum absolute atomic E-state index is 0.162. The van der Waals surface area contributed by atoms with Crippen molar-refractivity contribution in [2.75, 3.05) is 23.3 Å². The molecule has 1 aliphatic heterocycles. The first-order chi connectivity index (χ1) is 15.2. The molecule has 2 N–H and O–H groups in total. The van der Waals surface area contributed by atoms with Gasteiger partial charge in [0.2, 0.25) is 0 Å². The molecule has 0 amide bonds. The van der Waals surface area contributed by atoms with E-state index in [1.165, 1.54) is 4.90 Å². The summed E-state index contributed by atoms with van der Waals surface area (Å²) < 4.78 is 28.9. The summed E-state index contributed by atoms with van der Waals surface area (Å²) in [6.45, 7) is 3.70. The van der Waals surface area contributed by atoms with Crippen molar-refractivity contribution >= 4 is 34.1 Å². The molecule has 1 atom stereocenters. The van der Waals surface area contributed by atoms with Crippen molar-refractivity contribution in [1.82, 2.24) is 19.9 Å². The fourth-order valence-corrected chi connectivity index (χ4v) is 3.82. The minimum atomic E-state index is -2.78. The summed E-state index contributed by atoms with van der Waals surface area (Å²) >= 11 is 2.16. The highest BCUT2D eigenvalue weighted by Gasteiger charge is 2.40. The van der Waals surface area contributed by atoms with Gasteiger partial charge in [-0.15, -0.1) is 0 Å². The monoisotopic (exact) mass is 552 g/mol. The maximum atomic E-state index is 13.9. The van der Waals surface area contributed by atoms with E-state index >= 15 is 0 Å². The average Bonchev–Trinajstić information content (AvgIpc) is 3.14. The van der Waals surface area contributed by atoms with Crippen LogP contribution in [0.2, 0.25) is 0 Å². The van der Waals surface area contributed by atoms with Gasteiger partial charge >= 0.3 is 0 Å². The van der Waals surface area contributed by atoms with Crippen molar-refractivity contribution in [3.8, 4) is 11.3 Å². The zero-order chi connectivity index (χ0) is 22.9. The molecule has 0 aromatic carbocycles. The van der Waals surface area contributed by atoms with Gasteiger partial charge in [0.25, 0.3) is 5.92 Å². The van der Waals surface area contributed by atoms with Crippen molar-refractivity contribution in [1.29, 1.82) is 0 Å². The summed E-state index contributed by atoms with van der Waals surface area (Å²) in [4.78, 5) is 19.0. The van der Waals surface area contributed by atoms with Gasteiger partial charge in [-0.25, -0.2) is 23.7 Å². The Kier molecular flexibility index (Phi) is 6.52. The number of nitrogens with zero attached hydrogens (tertiary/aromatic N) is 5. The van der Waals surface area contributed by atoms with Crippen molar-refractivity contribution in [3.63, 3.8) is 0 Å². The molecule has 1 aliphatic rings. The van der Waals surface area contributed by atoms with E-state index in [-0.39, 0.29) is 18.9 Å². The Morgan fingerprint density at radius 3 is 2.44 bits per heavy atom. The molecule has 4 rings (SSSR count). The fourth-order valence-electron chi connectivity index (χ4n) is 3.51. The standard InChI is InChI=1S/C22H23F2IN6O/c1-13(2)19-28-9-14(10-29-19)21(32)30-18-16(17-4-3-15(25)11-27-17)5-7-26-20(18)31-8-6-22(23,24)12-31/h3-5,7,9-11,13,21,30,32H,6,8,12H2,1-2H3. The number of aliphatic hydroxyl groups is 1. The molecule has 32 heavy (non-hydrogen) atoms. The largest absolute Gasteiger partial charge is 0.369 e. The molecule has 1 fully saturated rings. The Morgan fingerprint density at radius 1 is 1.09 bits per heavy atom. The Labute approximate surface area is 198 Å². The van der Waals surface area contributed by atoms with E-state index in [0.717, 1.165) is 3.57 Å². The van der Waals surface area contributed by atoms with Gasteiger partial charge in [0.05, 0.1) is 17.9 Å². The van der Waals surface area contributed by atoms with Crippen molar-refractivity contribution in [2.24, 2.45) is 0 Å². The summed E-state index contributed by atoms with van der Waals surface area (Å²) in [5.74, 6) is -1.60. The maximum Gasteiger partial charge on any atom is 0.266 e. The molecular formula is C22H23F2IN6O. The molecule has 0 spiro atoms. The van der Waals surface area contributed by atoms with Crippen molar-refractivity contribution in [3.05, 3.63) is 57.9 Å². The van der Waals surface area contributed by atoms with E-state index in [2.05, 4.69) is 47.8 Å². The molecule has 1 saturated heterocycles. The summed E-state index contributed by atoms with van der Waals surface area (Å²) in [7, 11) is 0. The first-order valence-electron chi connectivity index (χ1n) is 10.2. The summed E-state index contributed by atoms with van der Waals surface area (Å²) in [6.07, 6.45) is 5.00. The molecule has 7 nitrogen and oxygen atoms in total. The SMILES string of the molecule is CC(C)c1ncc(C(O)Nc2c(-c3ccc(I)cn3)ccnc2N2CCC(F)(F)C2)cn1. The third kappa shape index (κ3) is 4.96. The van der Waals surface area contributed by atoms with Gasteiger partial charge in [-0.3, -0.25) is 4.98 Å². The number of halogens is 3. The van der Waals surface area contributed by atoms with E-state index in [1.54, 1.807) is 30.9 Å². The Morgan fingerprint density at radius 2 is 1.84 bits per heavy atom. The Hall–Kier alpha value is -2.47. The van der Waals surface area contributed by atoms with E-state index in [1.807, 2.05) is 26.0 Å². The fraction of sp³-hybridized carbons (Fsp3) is 0.364.